The summed E-state index contributed by atoms with van der Waals surface area (Å²) in [5.41, 5.74) is 4.15. The lowest BCUT2D eigenvalue weighted by Gasteiger charge is -2.11. The van der Waals surface area contributed by atoms with Crippen molar-refractivity contribution in [2.24, 2.45) is 0 Å². The Labute approximate surface area is 116 Å². The molecule has 0 aliphatic carbocycles. The van der Waals surface area contributed by atoms with E-state index in [-0.39, 0.29) is 0 Å². The fourth-order valence-corrected chi connectivity index (χ4v) is 2.27. The van der Waals surface area contributed by atoms with Gasteiger partial charge in [0.15, 0.2) is 0 Å². The Morgan fingerprint density at radius 1 is 1.32 bits per heavy atom. The molecular weight excluding hydrogens is 238 g/mol. The van der Waals surface area contributed by atoms with Crippen molar-refractivity contribution in [2.45, 2.75) is 13.0 Å². The van der Waals surface area contributed by atoms with E-state index >= 15 is 0 Å². The smallest absolute Gasteiger partial charge is 0.0593 e. The quantitative estimate of drug-likeness (QED) is 0.694. The van der Waals surface area contributed by atoms with Gasteiger partial charge in [0.2, 0.25) is 0 Å². The molecule has 0 unspecified atom stereocenters. The van der Waals surface area contributed by atoms with Crippen molar-refractivity contribution < 1.29 is 4.74 Å². The maximum absolute atomic E-state index is 5.56. The summed E-state index contributed by atoms with van der Waals surface area (Å²) < 4.78 is 5.56. The Morgan fingerprint density at radius 3 is 3.05 bits per heavy atom. The summed E-state index contributed by atoms with van der Waals surface area (Å²) >= 11 is 0. The number of ether oxygens (including phenoxy) is 1. The molecule has 0 bridgehead atoms. The predicted octanol–water partition coefficient (Wildman–Crippen LogP) is 1.32. The second-order valence-corrected chi connectivity index (χ2v) is 5.22. The van der Waals surface area contributed by atoms with Crippen LogP contribution in [0.5, 0.6) is 0 Å². The minimum Gasteiger partial charge on any atom is -0.384 e. The number of fused-ring (bicyclic) bond motifs is 1. The normalized spacial score (nSPS) is 13.6. The highest BCUT2D eigenvalue weighted by Gasteiger charge is 2.12. The molecule has 1 aromatic rings. The molecule has 0 saturated heterocycles. The number of para-hydroxylation sites is 1. The van der Waals surface area contributed by atoms with Gasteiger partial charge >= 0.3 is 0 Å². The second kappa shape index (κ2) is 7.48. The van der Waals surface area contributed by atoms with E-state index in [0.29, 0.717) is 0 Å². The summed E-state index contributed by atoms with van der Waals surface area (Å²) in [6.45, 7) is 5.44. The highest BCUT2D eigenvalue weighted by molar-refractivity contribution is 5.61. The van der Waals surface area contributed by atoms with Crippen LogP contribution in [-0.2, 0) is 17.7 Å². The van der Waals surface area contributed by atoms with Gasteiger partial charge in [-0.1, -0.05) is 18.2 Å². The monoisotopic (exact) mass is 263 g/mol. The topological polar surface area (TPSA) is 36.5 Å². The van der Waals surface area contributed by atoms with Crippen LogP contribution in [0.1, 0.15) is 11.1 Å². The third-order valence-corrected chi connectivity index (χ3v) is 3.35. The molecule has 0 radical (unpaired) electrons. The number of nitrogens with zero attached hydrogens (tertiary/aromatic N) is 1. The molecule has 2 N–H and O–H groups in total. The number of hydrogen-bond acceptors (Lipinski definition) is 4. The maximum atomic E-state index is 5.56. The molecule has 0 spiro atoms. The van der Waals surface area contributed by atoms with Crippen LogP contribution in [0, 0.1) is 0 Å². The van der Waals surface area contributed by atoms with Crippen molar-refractivity contribution in [3.8, 4) is 0 Å². The maximum Gasteiger partial charge on any atom is 0.0593 e. The second-order valence-electron chi connectivity index (χ2n) is 5.22. The summed E-state index contributed by atoms with van der Waals surface area (Å²) in [6, 6.07) is 6.55. The Hall–Kier alpha value is -1.10. The molecule has 0 saturated carbocycles. The SMILES string of the molecule is CN(C)CCOCCNCc1cccc2c1NCC2. The first-order chi connectivity index (χ1) is 9.27. The van der Waals surface area contributed by atoms with E-state index in [1.54, 1.807) is 0 Å². The van der Waals surface area contributed by atoms with Crippen molar-refractivity contribution >= 4 is 5.69 Å². The standard InChI is InChI=1S/C15H25N3O/c1-18(2)9-11-19-10-8-16-12-14-5-3-4-13-6-7-17-15(13)14/h3-5,16-17H,6-12H2,1-2H3. The molecule has 1 aromatic carbocycles. The average molecular weight is 263 g/mol. The van der Waals surface area contributed by atoms with Gasteiger partial charge < -0.3 is 20.3 Å². The third kappa shape index (κ3) is 4.49. The van der Waals surface area contributed by atoms with Gasteiger partial charge in [-0.2, -0.15) is 0 Å². The number of nitrogens with one attached hydrogen (secondary N) is 2. The van der Waals surface area contributed by atoms with Crippen molar-refractivity contribution in [3.63, 3.8) is 0 Å². The van der Waals surface area contributed by atoms with E-state index in [9.17, 15) is 0 Å². The van der Waals surface area contributed by atoms with Gasteiger partial charge in [0, 0.05) is 31.9 Å². The molecule has 4 nitrogen and oxygen atoms in total. The highest BCUT2D eigenvalue weighted by atomic mass is 16.5. The van der Waals surface area contributed by atoms with Crippen LogP contribution < -0.4 is 10.6 Å². The molecule has 1 heterocycles. The first-order valence-electron chi connectivity index (χ1n) is 7.05. The number of likely N-dealkylation sites (N-methyl/N-ethyl adjacent to an activating group) is 1. The largest absolute Gasteiger partial charge is 0.384 e. The lowest BCUT2D eigenvalue weighted by atomic mass is 10.1. The molecule has 4 heteroatoms. The van der Waals surface area contributed by atoms with E-state index < -0.39 is 0 Å². The minimum absolute atomic E-state index is 0.774. The number of hydrogen-bond donors (Lipinski definition) is 2. The fourth-order valence-electron chi connectivity index (χ4n) is 2.27. The van der Waals surface area contributed by atoms with Crippen molar-refractivity contribution in [1.82, 2.24) is 10.2 Å². The first kappa shape index (κ1) is 14.3. The van der Waals surface area contributed by atoms with E-state index in [1.807, 2.05) is 0 Å². The first-order valence-corrected chi connectivity index (χ1v) is 7.05. The van der Waals surface area contributed by atoms with Gasteiger partial charge in [0.25, 0.3) is 0 Å². The van der Waals surface area contributed by atoms with Gasteiger partial charge in [-0.3, -0.25) is 0 Å². The van der Waals surface area contributed by atoms with Gasteiger partial charge in [0.05, 0.1) is 13.2 Å². The zero-order valence-electron chi connectivity index (χ0n) is 12.0. The van der Waals surface area contributed by atoms with Crippen LogP contribution >= 0.6 is 0 Å². The zero-order valence-corrected chi connectivity index (χ0v) is 12.0. The molecule has 0 atom stereocenters. The van der Waals surface area contributed by atoms with Gasteiger partial charge in [-0.05, 0) is 31.6 Å². The Morgan fingerprint density at radius 2 is 2.21 bits per heavy atom. The van der Waals surface area contributed by atoms with Crippen LogP contribution in [0.2, 0.25) is 0 Å². The molecule has 0 amide bonds. The molecule has 106 valence electrons. The number of benzene rings is 1. The molecule has 2 rings (SSSR count). The van der Waals surface area contributed by atoms with Crippen LogP contribution in [0.25, 0.3) is 0 Å². The third-order valence-electron chi connectivity index (χ3n) is 3.35. The highest BCUT2D eigenvalue weighted by Crippen LogP contribution is 2.25. The average Bonchev–Trinajstić information content (AvgIpc) is 2.86. The molecule has 1 aliphatic rings. The van der Waals surface area contributed by atoms with Crippen molar-refractivity contribution in [1.29, 1.82) is 0 Å². The van der Waals surface area contributed by atoms with Gasteiger partial charge in [0.1, 0.15) is 0 Å². The predicted molar refractivity (Wildman–Crippen MR) is 79.7 cm³/mol. The lowest BCUT2D eigenvalue weighted by Crippen LogP contribution is -2.23. The molecule has 19 heavy (non-hydrogen) atoms. The summed E-state index contributed by atoms with van der Waals surface area (Å²) in [4.78, 5) is 2.13. The van der Waals surface area contributed by atoms with E-state index in [4.69, 9.17) is 4.74 Å². The van der Waals surface area contributed by atoms with Crippen LogP contribution in [0.3, 0.4) is 0 Å². The molecule has 1 aliphatic heterocycles. The van der Waals surface area contributed by atoms with Gasteiger partial charge in [-0.25, -0.2) is 0 Å². The van der Waals surface area contributed by atoms with Crippen molar-refractivity contribution in [3.05, 3.63) is 29.3 Å². The Kier molecular flexibility index (Phi) is 5.63. The number of anilines is 1. The summed E-state index contributed by atoms with van der Waals surface area (Å²) in [7, 11) is 4.12. The zero-order chi connectivity index (χ0) is 13.5. The van der Waals surface area contributed by atoms with Crippen LogP contribution in [-0.4, -0.2) is 51.8 Å². The summed E-state index contributed by atoms with van der Waals surface area (Å²) in [6.07, 6.45) is 1.15. The van der Waals surface area contributed by atoms with E-state index in [2.05, 4.69) is 47.8 Å². The Bertz CT molecular complexity index is 393. The molecule has 0 fully saturated rings. The molecule has 0 aromatic heterocycles. The fraction of sp³-hybridized carbons (Fsp3) is 0.600. The summed E-state index contributed by atoms with van der Waals surface area (Å²) in [5, 5.41) is 6.91. The lowest BCUT2D eigenvalue weighted by molar-refractivity contribution is 0.119. The van der Waals surface area contributed by atoms with Gasteiger partial charge in [-0.15, -0.1) is 0 Å². The molecular formula is C15H25N3O. The number of rotatable bonds is 8. The van der Waals surface area contributed by atoms with Crippen LogP contribution in [0.15, 0.2) is 18.2 Å². The van der Waals surface area contributed by atoms with E-state index in [1.165, 1.54) is 16.8 Å². The Balaban J connectivity index is 1.63. The van der Waals surface area contributed by atoms with E-state index in [0.717, 1.165) is 45.8 Å². The van der Waals surface area contributed by atoms with Crippen molar-refractivity contribution in [2.75, 3.05) is 52.3 Å². The summed E-state index contributed by atoms with van der Waals surface area (Å²) in [5.74, 6) is 0. The van der Waals surface area contributed by atoms with Crippen LogP contribution in [0.4, 0.5) is 5.69 Å². The minimum atomic E-state index is 0.774.